The van der Waals surface area contributed by atoms with E-state index in [2.05, 4.69) is 21.3 Å². The zero-order valence-electron chi connectivity index (χ0n) is 9.70. The van der Waals surface area contributed by atoms with Gasteiger partial charge in [0.2, 0.25) is 3.79 Å². The number of carbonyl (C=O) groups is 1. The molecule has 0 radical (unpaired) electrons. The maximum Gasteiger partial charge on any atom is 0.274 e. The molecule has 0 aromatic heterocycles. The monoisotopic (exact) mass is 369 g/mol. The minimum Gasteiger partial charge on any atom is -0.391 e. The summed E-state index contributed by atoms with van der Waals surface area (Å²) in [5.41, 5.74) is 6.05. The van der Waals surface area contributed by atoms with Gasteiger partial charge in [0.1, 0.15) is 17.6 Å². The van der Waals surface area contributed by atoms with Gasteiger partial charge in [-0.3, -0.25) is 10.5 Å². The minimum atomic E-state index is -1.04. The van der Waals surface area contributed by atoms with Crippen molar-refractivity contribution in [3.63, 3.8) is 0 Å². The predicted molar refractivity (Wildman–Crippen MR) is 71.9 cm³/mol. The van der Waals surface area contributed by atoms with E-state index in [1.165, 1.54) is 6.92 Å². The third-order valence-corrected chi connectivity index (χ3v) is 3.35. The van der Waals surface area contributed by atoms with E-state index in [9.17, 15) is 15.0 Å². The quantitative estimate of drug-likeness (QED) is 0.159. The zero-order chi connectivity index (χ0) is 13.5. The van der Waals surface area contributed by atoms with Crippen LogP contribution in [0.1, 0.15) is 6.92 Å². The summed E-state index contributed by atoms with van der Waals surface area (Å²) in [5.74, 6) is 0.125. The van der Waals surface area contributed by atoms with Gasteiger partial charge in [0, 0.05) is 6.54 Å². The lowest BCUT2D eigenvalue weighted by molar-refractivity contribution is -0.120. The summed E-state index contributed by atoms with van der Waals surface area (Å²) in [6.07, 6.45) is -1.85. The average Bonchev–Trinajstić information content (AvgIpc) is 2.26. The second-order valence-corrected chi connectivity index (χ2v) is 6.11. The molecule has 18 heavy (non-hydrogen) atoms. The molecule has 2 aliphatic rings. The molecule has 0 saturated heterocycles. The molecule has 102 valence electrons. The lowest BCUT2D eigenvalue weighted by atomic mass is 10.0. The van der Waals surface area contributed by atoms with Crippen LogP contribution in [0.15, 0.2) is 11.5 Å². The van der Waals surface area contributed by atoms with Gasteiger partial charge in [0.25, 0.3) is 5.91 Å². The third kappa shape index (κ3) is 2.63. The van der Waals surface area contributed by atoms with Crippen molar-refractivity contribution < 1.29 is 15.0 Å². The molecule has 0 aromatic rings. The summed E-state index contributed by atoms with van der Waals surface area (Å²) in [6, 6.07) is -0.448. The Kier molecular flexibility index (Phi) is 3.58. The summed E-state index contributed by atoms with van der Waals surface area (Å²) >= 11 is 1.87. The van der Waals surface area contributed by atoms with E-state index in [0.717, 1.165) is 0 Å². The number of alkyl halides is 1. The van der Waals surface area contributed by atoms with E-state index in [4.69, 9.17) is 5.73 Å². The molecular formula is C9H16IN5O3. The summed E-state index contributed by atoms with van der Waals surface area (Å²) in [6.45, 7) is 1.86. The van der Waals surface area contributed by atoms with Crippen molar-refractivity contribution in [1.82, 2.24) is 21.3 Å². The Bertz CT molecular complexity index is 398. The van der Waals surface area contributed by atoms with E-state index in [0.29, 0.717) is 12.4 Å². The lowest BCUT2D eigenvalue weighted by Crippen LogP contribution is -2.70. The standard InChI is InChI=1S/C9H16IN5O3/c1-3(16)6(17)4-2-12-7-5(13-4)8(18)15-9(10,11)14-7/h3-4,6,12-14,16-17H,2,11H2,1H3,(H,15,18)/t3-,4+,6-,9?/m0/s1. The van der Waals surface area contributed by atoms with Crippen molar-refractivity contribution in [2.24, 2.45) is 5.73 Å². The molecule has 9 heteroatoms. The second-order valence-electron chi connectivity index (χ2n) is 4.40. The van der Waals surface area contributed by atoms with Crippen LogP contribution in [0.4, 0.5) is 0 Å². The summed E-state index contributed by atoms with van der Waals surface area (Å²) in [7, 11) is 0. The first kappa shape index (κ1) is 13.6. The summed E-state index contributed by atoms with van der Waals surface area (Å²) in [5, 5.41) is 30.5. The number of aliphatic hydroxyl groups is 2. The zero-order valence-corrected chi connectivity index (χ0v) is 11.9. The van der Waals surface area contributed by atoms with Gasteiger partial charge in [-0.25, -0.2) is 0 Å². The van der Waals surface area contributed by atoms with Crippen LogP contribution < -0.4 is 27.0 Å². The molecule has 2 aliphatic heterocycles. The highest BCUT2D eigenvalue weighted by atomic mass is 127. The number of rotatable bonds is 2. The Morgan fingerprint density at radius 1 is 1.50 bits per heavy atom. The van der Waals surface area contributed by atoms with E-state index in [1.807, 2.05) is 22.6 Å². The molecule has 0 spiro atoms. The van der Waals surface area contributed by atoms with Crippen molar-refractivity contribution in [3.8, 4) is 0 Å². The highest BCUT2D eigenvalue weighted by Gasteiger charge is 2.38. The first-order valence-corrected chi connectivity index (χ1v) is 6.57. The van der Waals surface area contributed by atoms with E-state index >= 15 is 0 Å². The summed E-state index contributed by atoms with van der Waals surface area (Å²) < 4.78 is -1.04. The van der Waals surface area contributed by atoms with Gasteiger partial charge in [-0.1, -0.05) is 0 Å². The van der Waals surface area contributed by atoms with Crippen LogP contribution in [-0.4, -0.2) is 44.7 Å². The lowest BCUT2D eigenvalue weighted by Gasteiger charge is -2.40. The number of nitrogens with one attached hydrogen (secondary N) is 4. The molecule has 0 saturated carbocycles. The van der Waals surface area contributed by atoms with Gasteiger partial charge in [-0.2, -0.15) is 0 Å². The highest BCUT2D eigenvalue weighted by molar-refractivity contribution is 14.1. The molecule has 2 heterocycles. The van der Waals surface area contributed by atoms with Gasteiger partial charge in [-0.15, -0.1) is 0 Å². The van der Waals surface area contributed by atoms with Crippen molar-refractivity contribution >= 4 is 28.5 Å². The Labute approximate surface area is 118 Å². The minimum absolute atomic E-state index is 0.281. The van der Waals surface area contributed by atoms with Gasteiger partial charge < -0.3 is 31.5 Å². The fourth-order valence-electron chi connectivity index (χ4n) is 1.88. The van der Waals surface area contributed by atoms with Crippen molar-refractivity contribution in [2.45, 2.75) is 29.0 Å². The topological polar surface area (TPSA) is 132 Å². The molecule has 4 atom stereocenters. The maximum absolute atomic E-state index is 11.8. The van der Waals surface area contributed by atoms with Crippen LogP contribution >= 0.6 is 22.6 Å². The fraction of sp³-hybridized carbons (Fsp3) is 0.667. The average molecular weight is 369 g/mol. The van der Waals surface area contributed by atoms with Crippen molar-refractivity contribution in [1.29, 1.82) is 0 Å². The third-order valence-electron chi connectivity index (χ3n) is 2.81. The molecule has 8 nitrogen and oxygen atoms in total. The predicted octanol–water partition coefficient (Wildman–Crippen LogP) is -2.82. The highest BCUT2D eigenvalue weighted by Crippen LogP contribution is 2.17. The Balaban J connectivity index is 2.16. The fourth-order valence-corrected chi connectivity index (χ4v) is 2.39. The first-order valence-electron chi connectivity index (χ1n) is 5.49. The molecule has 0 aliphatic carbocycles. The normalized spacial score (nSPS) is 34.5. The summed E-state index contributed by atoms with van der Waals surface area (Å²) in [4.78, 5) is 11.8. The van der Waals surface area contributed by atoms with Gasteiger partial charge >= 0.3 is 0 Å². The number of halogens is 1. The molecule has 2 rings (SSSR count). The first-order chi connectivity index (χ1) is 8.30. The molecule has 1 amide bonds. The number of nitrogens with two attached hydrogens (primary N) is 1. The molecular weight excluding hydrogens is 353 g/mol. The SMILES string of the molecule is C[C@H](O)[C@H](O)[C@H]1CNC2=C(N1)C(=O)NC(N)(I)N2. The maximum atomic E-state index is 11.8. The van der Waals surface area contributed by atoms with E-state index < -0.39 is 22.0 Å². The molecule has 0 aromatic carbocycles. The number of carbonyl (C=O) groups excluding carboxylic acids is 1. The smallest absolute Gasteiger partial charge is 0.274 e. The number of amides is 1. The van der Waals surface area contributed by atoms with Crippen LogP contribution in [0.25, 0.3) is 0 Å². The van der Waals surface area contributed by atoms with E-state index in [1.54, 1.807) is 0 Å². The van der Waals surface area contributed by atoms with Crippen LogP contribution in [0, 0.1) is 0 Å². The Morgan fingerprint density at radius 3 is 2.78 bits per heavy atom. The van der Waals surface area contributed by atoms with E-state index in [-0.39, 0.29) is 11.6 Å². The Morgan fingerprint density at radius 2 is 2.17 bits per heavy atom. The molecule has 0 fully saturated rings. The number of aliphatic hydroxyl groups excluding tert-OH is 2. The molecule has 8 N–H and O–H groups in total. The van der Waals surface area contributed by atoms with Gasteiger partial charge in [0.05, 0.1) is 12.1 Å². The number of hydrogen-bond donors (Lipinski definition) is 7. The largest absolute Gasteiger partial charge is 0.391 e. The second kappa shape index (κ2) is 4.72. The van der Waals surface area contributed by atoms with Crippen LogP contribution in [-0.2, 0) is 4.79 Å². The molecule has 0 bridgehead atoms. The van der Waals surface area contributed by atoms with Crippen LogP contribution in [0.5, 0.6) is 0 Å². The van der Waals surface area contributed by atoms with Gasteiger partial charge in [-0.05, 0) is 29.5 Å². The van der Waals surface area contributed by atoms with Crippen LogP contribution in [0.3, 0.4) is 0 Å². The van der Waals surface area contributed by atoms with Gasteiger partial charge in [0.15, 0.2) is 0 Å². The van der Waals surface area contributed by atoms with Crippen LogP contribution in [0.2, 0.25) is 0 Å². The molecule has 1 unspecified atom stereocenters. The van der Waals surface area contributed by atoms with Crippen molar-refractivity contribution in [3.05, 3.63) is 11.5 Å². The Hall–Kier alpha value is -0.780. The van der Waals surface area contributed by atoms with Crippen molar-refractivity contribution in [2.75, 3.05) is 6.54 Å². The number of hydrogen-bond acceptors (Lipinski definition) is 7.